The van der Waals surface area contributed by atoms with Gasteiger partial charge in [0.05, 0.1) is 5.66 Å². The second-order valence-electron chi connectivity index (χ2n) is 7.74. The van der Waals surface area contributed by atoms with Gasteiger partial charge in [-0.2, -0.15) is 0 Å². The van der Waals surface area contributed by atoms with Crippen LogP contribution in [-0.4, -0.2) is 30.5 Å². The Bertz CT molecular complexity index is 311. The predicted molar refractivity (Wildman–Crippen MR) is 110 cm³/mol. The third kappa shape index (κ3) is 11.8. The highest BCUT2D eigenvalue weighted by Gasteiger charge is 2.31. The van der Waals surface area contributed by atoms with Gasteiger partial charge in [-0.25, -0.2) is 0 Å². The van der Waals surface area contributed by atoms with Gasteiger partial charge >= 0.3 is 0 Å². The van der Waals surface area contributed by atoms with Crippen LogP contribution in [0.3, 0.4) is 0 Å². The Balaban J connectivity index is 1.84. The molecule has 0 aromatic rings. The van der Waals surface area contributed by atoms with E-state index in [2.05, 4.69) is 29.7 Å². The fourth-order valence-electron chi connectivity index (χ4n) is 3.83. The monoisotopic (exact) mass is 352 g/mol. The van der Waals surface area contributed by atoms with Gasteiger partial charge in [-0.05, 0) is 32.1 Å². The van der Waals surface area contributed by atoms with Gasteiger partial charge < -0.3 is 5.11 Å². The Hall–Kier alpha value is -0.380. The van der Waals surface area contributed by atoms with Crippen molar-refractivity contribution in [2.24, 2.45) is 0 Å². The number of hydrogen-bond acceptors (Lipinski definition) is 3. The van der Waals surface area contributed by atoms with Crippen molar-refractivity contribution in [1.29, 1.82) is 0 Å². The average Bonchev–Trinajstić information content (AvgIpc) is 3.07. The molecule has 0 aliphatic carbocycles. The largest absolute Gasteiger partial charge is 0.396 e. The number of aliphatic hydroxyl groups is 1. The van der Waals surface area contributed by atoms with Gasteiger partial charge in [-0.1, -0.05) is 76.9 Å². The van der Waals surface area contributed by atoms with E-state index in [9.17, 15) is 5.11 Å². The molecule has 25 heavy (non-hydrogen) atoms. The highest BCUT2D eigenvalue weighted by molar-refractivity contribution is 4.90. The van der Waals surface area contributed by atoms with E-state index in [0.717, 1.165) is 25.9 Å². The van der Waals surface area contributed by atoms with Crippen LogP contribution in [0.25, 0.3) is 0 Å². The lowest BCUT2D eigenvalue weighted by molar-refractivity contribution is 0.195. The van der Waals surface area contributed by atoms with Crippen molar-refractivity contribution in [2.45, 2.75) is 109 Å². The lowest BCUT2D eigenvalue weighted by Crippen LogP contribution is -2.49. The first-order valence-electron chi connectivity index (χ1n) is 11.1. The Labute approximate surface area is 157 Å². The van der Waals surface area contributed by atoms with Crippen molar-refractivity contribution in [3.05, 3.63) is 12.2 Å². The summed E-state index contributed by atoms with van der Waals surface area (Å²) in [7, 11) is 0. The van der Waals surface area contributed by atoms with Gasteiger partial charge in [0.2, 0.25) is 0 Å². The van der Waals surface area contributed by atoms with Crippen LogP contribution >= 0.6 is 0 Å². The number of rotatable bonds is 17. The molecular formula is C22H44N2O. The van der Waals surface area contributed by atoms with Gasteiger partial charge in [-0.15, -0.1) is 0 Å². The predicted octanol–water partition coefficient (Wildman–Crippen LogP) is 5.30. The summed E-state index contributed by atoms with van der Waals surface area (Å²) in [6.07, 6.45) is 24.3. The summed E-state index contributed by atoms with van der Waals surface area (Å²) in [5, 5.41) is 16.3. The zero-order valence-electron chi connectivity index (χ0n) is 16.8. The van der Waals surface area contributed by atoms with Gasteiger partial charge in [0.25, 0.3) is 0 Å². The summed E-state index contributed by atoms with van der Waals surface area (Å²) in [5.74, 6) is 0. The Morgan fingerprint density at radius 1 is 0.720 bits per heavy atom. The van der Waals surface area contributed by atoms with E-state index in [1.807, 2.05) is 0 Å². The molecule has 0 aromatic carbocycles. The molecule has 0 amide bonds. The number of aliphatic hydroxyl groups excluding tert-OH is 1. The lowest BCUT2D eigenvalue weighted by atomic mass is 9.98. The normalized spacial score (nSPS) is 16.9. The highest BCUT2D eigenvalue weighted by atomic mass is 16.3. The van der Waals surface area contributed by atoms with Crippen LogP contribution in [0.4, 0.5) is 0 Å². The van der Waals surface area contributed by atoms with Crippen LogP contribution in [-0.2, 0) is 0 Å². The second-order valence-corrected chi connectivity index (χ2v) is 7.74. The summed E-state index contributed by atoms with van der Waals surface area (Å²) >= 11 is 0. The standard InChI is InChI=1S/C22H44N2O/c1-2-3-4-5-6-7-8-9-10-11-12-13-14-15-16-17-22(18-21-25)23-19-20-24-22/h9-10,23-25H,2-8,11-21H2,1H3. The minimum Gasteiger partial charge on any atom is -0.396 e. The number of allylic oxidation sites excluding steroid dienone is 2. The molecule has 3 N–H and O–H groups in total. The summed E-state index contributed by atoms with van der Waals surface area (Å²) < 4.78 is 0. The molecule has 0 aromatic heterocycles. The molecule has 0 bridgehead atoms. The molecule has 0 spiro atoms. The minimum atomic E-state index is 0.0219. The SMILES string of the molecule is CCCCCCCCC=CCCCCCCCC1(CCO)NCCN1. The summed E-state index contributed by atoms with van der Waals surface area (Å²) in [6, 6.07) is 0. The van der Waals surface area contributed by atoms with Gasteiger partial charge in [0.15, 0.2) is 0 Å². The molecule has 0 atom stereocenters. The number of unbranched alkanes of at least 4 members (excludes halogenated alkanes) is 11. The van der Waals surface area contributed by atoms with Crippen LogP contribution in [0.15, 0.2) is 12.2 Å². The Morgan fingerprint density at radius 2 is 1.24 bits per heavy atom. The molecule has 3 nitrogen and oxygen atoms in total. The number of nitrogens with one attached hydrogen (secondary N) is 2. The first-order valence-corrected chi connectivity index (χ1v) is 11.1. The van der Waals surface area contributed by atoms with Crippen molar-refractivity contribution < 1.29 is 5.11 Å². The molecule has 1 saturated heterocycles. The lowest BCUT2D eigenvalue weighted by Gasteiger charge is -2.29. The van der Waals surface area contributed by atoms with E-state index >= 15 is 0 Å². The van der Waals surface area contributed by atoms with E-state index in [4.69, 9.17) is 0 Å². The topological polar surface area (TPSA) is 44.3 Å². The molecular weight excluding hydrogens is 308 g/mol. The van der Waals surface area contributed by atoms with Crippen molar-refractivity contribution in [1.82, 2.24) is 10.6 Å². The maximum absolute atomic E-state index is 9.23. The number of hydrogen-bond donors (Lipinski definition) is 3. The van der Waals surface area contributed by atoms with E-state index in [1.165, 1.54) is 83.5 Å². The Kier molecular flexibility index (Phi) is 14.4. The van der Waals surface area contributed by atoms with E-state index in [0.29, 0.717) is 0 Å². The first kappa shape index (κ1) is 22.7. The van der Waals surface area contributed by atoms with E-state index in [-0.39, 0.29) is 12.3 Å². The van der Waals surface area contributed by atoms with Gasteiger partial charge in [-0.3, -0.25) is 10.6 Å². The van der Waals surface area contributed by atoms with Crippen LogP contribution < -0.4 is 10.6 Å². The summed E-state index contributed by atoms with van der Waals surface area (Å²) in [4.78, 5) is 0. The molecule has 1 fully saturated rings. The zero-order valence-corrected chi connectivity index (χ0v) is 16.8. The molecule has 3 heteroatoms. The van der Waals surface area contributed by atoms with Crippen molar-refractivity contribution in [3.8, 4) is 0 Å². The van der Waals surface area contributed by atoms with Crippen molar-refractivity contribution in [3.63, 3.8) is 0 Å². The molecule has 0 radical (unpaired) electrons. The third-order valence-electron chi connectivity index (χ3n) is 5.46. The van der Waals surface area contributed by atoms with Crippen LogP contribution in [0, 0.1) is 0 Å². The molecule has 1 heterocycles. The molecule has 1 aliphatic heterocycles. The fourth-order valence-corrected chi connectivity index (χ4v) is 3.83. The molecule has 1 aliphatic rings. The Morgan fingerprint density at radius 3 is 1.80 bits per heavy atom. The molecule has 1 rings (SSSR count). The molecule has 0 unspecified atom stereocenters. The van der Waals surface area contributed by atoms with Crippen molar-refractivity contribution in [2.75, 3.05) is 19.7 Å². The van der Waals surface area contributed by atoms with Crippen molar-refractivity contribution >= 4 is 0 Å². The third-order valence-corrected chi connectivity index (χ3v) is 5.46. The maximum Gasteiger partial charge on any atom is 0.0710 e. The first-order chi connectivity index (χ1) is 12.3. The quantitative estimate of drug-likeness (QED) is 0.246. The smallest absolute Gasteiger partial charge is 0.0710 e. The summed E-state index contributed by atoms with van der Waals surface area (Å²) in [6.45, 7) is 4.61. The van der Waals surface area contributed by atoms with E-state index in [1.54, 1.807) is 0 Å². The van der Waals surface area contributed by atoms with Crippen LogP contribution in [0.5, 0.6) is 0 Å². The fraction of sp³-hybridized carbons (Fsp3) is 0.909. The van der Waals surface area contributed by atoms with Gasteiger partial charge in [0.1, 0.15) is 0 Å². The minimum absolute atomic E-state index is 0.0219. The molecule has 148 valence electrons. The molecule has 0 saturated carbocycles. The van der Waals surface area contributed by atoms with Crippen LogP contribution in [0.1, 0.15) is 103 Å². The van der Waals surface area contributed by atoms with Crippen LogP contribution in [0.2, 0.25) is 0 Å². The zero-order chi connectivity index (χ0) is 18.1. The summed E-state index contributed by atoms with van der Waals surface area (Å²) in [5.41, 5.74) is 0.0219. The van der Waals surface area contributed by atoms with Gasteiger partial charge in [0, 0.05) is 26.1 Å². The maximum atomic E-state index is 9.23. The average molecular weight is 353 g/mol. The highest BCUT2D eigenvalue weighted by Crippen LogP contribution is 2.19. The second kappa shape index (κ2) is 15.8. The van der Waals surface area contributed by atoms with E-state index < -0.39 is 0 Å².